The van der Waals surface area contributed by atoms with Crippen LogP contribution in [0, 0.1) is 0 Å². The van der Waals surface area contributed by atoms with E-state index in [1.54, 1.807) is 50.3 Å². The molecule has 8 heteroatoms. The quantitative estimate of drug-likeness (QED) is 0.0581. The standard InChI is InChI=1S/C40H42O8/c1-40(2,48-35-12-8-5-9-13-35)39(42)47-36-24-14-29(28-37(36)43-3)15-25-38(41)45-27-26-44-32-20-16-30(17-21-32)31-18-22-34(23-19-31)46-33-10-6-4-7-11-33/h5,8-9,12-25,28,33H,4,6-7,10-11,26-27H2,1-3H3. The molecule has 0 aliphatic heterocycles. The van der Waals surface area contributed by atoms with Crippen molar-refractivity contribution in [1.29, 1.82) is 0 Å². The number of methoxy groups -OCH3 is 1. The molecule has 0 amide bonds. The molecule has 4 aromatic rings. The Labute approximate surface area is 282 Å². The SMILES string of the molecule is COc1cc(C=CC(=O)OCCOc2ccc(-c3ccc(OC4CCCCC4)cc3)cc2)ccc1OC(=O)C(C)(C)Oc1ccccc1. The van der Waals surface area contributed by atoms with E-state index in [-0.39, 0.29) is 19.0 Å². The van der Waals surface area contributed by atoms with Crippen molar-refractivity contribution in [3.63, 3.8) is 0 Å². The summed E-state index contributed by atoms with van der Waals surface area (Å²) in [5.41, 5.74) is 1.60. The van der Waals surface area contributed by atoms with Crippen molar-refractivity contribution in [3.8, 4) is 39.9 Å². The van der Waals surface area contributed by atoms with Crippen molar-refractivity contribution in [2.24, 2.45) is 0 Å². The number of hydrogen-bond acceptors (Lipinski definition) is 8. The number of para-hydroxylation sites is 1. The summed E-state index contributed by atoms with van der Waals surface area (Å²) in [5.74, 6) is 1.62. The molecule has 1 saturated carbocycles. The number of ether oxygens (including phenoxy) is 6. The fourth-order valence-corrected chi connectivity index (χ4v) is 5.28. The molecule has 0 radical (unpaired) electrons. The van der Waals surface area contributed by atoms with Gasteiger partial charge in [0.05, 0.1) is 13.2 Å². The zero-order valence-corrected chi connectivity index (χ0v) is 27.7. The molecule has 250 valence electrons. The van der Waals surface area contributed by atoms with Gasteiger partial charge in [0.2, 0.25) is 5.60 Å². The van der Waals surface area contributed by atoms with Crippen LogP contribution >= 0.6 is 0 Å². The van der Waals surface area contributed by atoms with Crippen LogP contribution in [-0.4, -0.2) is 44.0 Å². The van der Waals surface area contributed by atoms with Crippen LogP contribution in [0.4, 0.5) is 0 Å². The molecular formula is C40H42O8. The Morgan fingerprint density at radius 3 is 2.08 bits per heavy atom. The molecule has 4 aromatic carbocycles. The molecule has 0 bridgehead atoms. The molecule has 48 heavy (non-hydrogen) atoms. The maximum atomic E-state index is 12.9. The van der Waals surface area contributed by atoms with E-state index in [0.717, 1.165) is 29.7 Å². The smallest absolute Gasteiger partial charge is 0.355 e. The average molecular weight is 651 g/mol. The molecule has 8 nitrogen and oxygen atoms in total. The number of carbonyl (C=O) groups excluding carboxylic acids is 2. The largest absolute Gasteiger partial charge is 0.493 e. The van der Waals surface area contributed by atoms with Crippen LogP contribution in [0.15, 0.2) is 103 Å². The third-order valence-corrected chi connectivity index (χ3v) is 7.90. The van der Waals surface area contributed by atoms with Crippen molar-refractivity contribution in [3.05, 3.63) is 109 Å². The summed E-state index contributed by atoms with van der Waals surface area (Å²) in [6.45, 7) is 3.57. The van der Waals surface area contributed by atoms with Crippen molar-refractivity contribution in [2.75, 3.05) is 20.3 Å². The minimum absolute atomic E-state index is 0.0897. The van der Waals surface area contributed by atoms with Gasteiger partial charge in [-0.1, -0.05) is 55.0 Å². The summed E-state index contributed by atoms with van der Waals surface area (Å²) in [7, 11) is 1.47. The van der Waals surface area contributed by atoms with E-state index in [1.807, 2.05) is 54.6 Å². The Hall–Kier alpha value is -5.24. The van der Waals surface area contributed by atoms with Gasteiger partial charge in [-0.15, -0.1) is 0 Å². The van der Waals surface area contributed by atoms with Gasteiger partial charge in [-0.05, 0) is 111 Å². The van der Waals surface area contributed by atoms with E-state index in [2.05, 4.69) is 12.1 Å². The van der Waals surface area contributed by atoms with Gasteiger partial charge in [-0.2, -0.15) is 0 Å². The van der Waals surface area contributed by atoms with Crippen molar-refractivity contribution in [1.82, 2.24) is 0 Å². The van der Waals surface area contributed by atoms with E-state index in [9.17, 15) is 9.59 Å². The Bertz CT molecular complexity index is 1650. The van der Waals surface area contributed by atoms with Gasteiger partial charge in [0.25, 0.3) is 0 Å². The lowest BCUT2D eigenvalue weighted by Gasteiger charge is -2.24. The fraction of sp³-hybridized carbons (Fsp3) is 0.300. The molecule has 0 aromatic heterocycles. The summed E-state index contributed by atoms with van der Waals surface area (Å²) >= 11 is 0. The highest BCUT2D eigenvalue weighted by Gasteiger charge is 2.33. The molecule has 0 unspecified atom stereocenters. The van der Waals surface area contributed by atoms with Gasteiger partial charge < -0.3 is 28.4 Å². The first-order valence-electron chi connectivity index (χ1n) is 16.3. The second-order valence-corrected chi connectivity index (χ2v) is 12.0. The summed E-state index contributed by atoms with van der Waals surface area (Å²) in [5, 5.41) is 0. The summed E-state index contributed by atoms with van der Waals surface area (Å²) in [6.07, 6.45) is 9.31. The van der Waals surface area contributed by atoms with E-state index in [1.165, 1.54) is 32.4 Å². The van der Waals surface area contributed by atoms with E-state index >= 15 is 0 Å². The third kappa shape index (κ3) is 9.88. The Morgan fingerprint density at radius 2 is 1.42 bits per heavy atom. The van der Waals surface area contributed by atoms with Gasteiger partial charge in [0, 0.05) is 6.08 Å². The monoisotopic (exact) mass is 650 g/mol. The second-order valence-electron chi connectivity index (χ2n) is 12.0. The van der Waals surface area contributed by atoms with Gasteiger partial charge >= 0.3 is 11.9 Å². The predicted octanol–water partition coefficient (Wildman–Crippen LogP) is 8.47. The normalized spacial score (nSPS) is 13.5. The molecule has 0 atom stereocenters. The molecule has 0 spiro atoms. The topological polar surface area (TPSA) is 89.5 Å². The third-order valence-electron chi connectivity index (χ3n) is 7.90. The van der Waals surface area contributed by atoms with Gasteiger partial charge in [-0.3, -0.25) is 0 Å². The first-order chi connectivity index (χ1) is 23.3. The molecule has 5 rings (SSSR count). The zero-order valence-electron chi connectivity index (χ0n) is 27.7. The zero-order chi connectivity index (χ0) is 33.8. The molecular weight excluding hydrogens is 608 g/mol. The van der Waals surface area contributed by atoms with Crippen LogP contribution in [-0.2, 0) is 14.3 Å². The molecule has 1 aliphatic rings. The van der Waals surface area contributed by atoms with Gasteiger partial charge in [-0.25, -0.2) is 9.59 Å². The van der Waals surface area contributed by atoms with Crippen LogP contribution in [0.25, 0.3) is 17.2 Å². The number of rotatable bonds is 14. The van der Waals surface area contributed by atoms with Gasteiger partial charge in [0.15, 0.2) is 11.5 Å². The van der Waals surface area contributed by atoms with Crippen LogP contribution < -0.4 is 23.7 Å². The molecule has 0 saturated heterocycles. The lowest BCUT2D eigenvalue weighted by atomic mass is 9.98. The first kappa shape index (κ1) is 34.1. The lowest BCUT2D eigenvalue weighted by molar-refractivity contribution is -0.149. The molecule has 1 aliphatic carbocycles. The van der Waals surface area contributed by atoms with Crippen LogP contribution in [0.1, 0.15) is 51.5 Å². The maximum absolute atomic E-state index is 12.9. The average Bonchev–Trinajstić information content (AvgIpc) is 3.11. The minimum Gasteiger partial charge on any atom is -0.493 e. The number of esters is 2. The minimum atomic E-state index is -1.24. The van der Waals surface area contributed by atoms with E-state index in [0.29, 0.717) is 28.9 Å². The Kier molecular flexibility index (Phi) is 11.8. The fourth-order valence-electron chi connectivity index (χ4n) is 5.28. The molecule has 1 fully saturated rings. The first-order valence-corrected chi connectivity index (χ1v) is 16.3. The predicted molar refractivity (Wildman–Crippen MR) is 185 cm³/mol. The van der Waals surface area contributed by atoms with Crippen molar-refractivity contribution < 1.29 is 38.0 Å². The highest BCUT2D eigenvalue weighted by molar-refractivity contribution is 5.87. The Balaban J connectivity index is 1.04. The highest BCUT2D eigenvalue weighted by atomic mass is 16.6. The van der Waals surface area contributed by atoms with Crippen LogP contribution in [0.2, 0.25) is 0 Å². The van der Waals surface area contributed by atoms with Crippen LogP contribution in [0.3, 0.4) is 0 Å². The van der Waals surface area contributed by atoms with E-state index in [4.69, 9.17) is 28.4 Å². The number of hydrogen-bond donors (Lipinski definition) is 0. The van der Waals surface area contributed by atoms with Gasteiger partial charge in [0.1, 0.15) is 30.5 Å². The Morgan fingerprint density at radius 1 is 0.750 bits per heavy atom. The highest BCUT2D eigenvalue weighted by Crippen LogP contribution is 2.31. The lowest BCUT2D eigenvalue weighted by Crippen LogP contribution is -2.41. The number of carbonyl (C=O) groups is 2. The molecule has 0 heterocycles. The van der Waals surface area contributed by atoms with Crippen molar-refractivity contribution >= 4 is 18.0 Å². The maximum Gasteiger partial charge on any atom is 0.355 e. The summed E-state index contributed by atoms with van der Waals surface area (Å²) < 4.78 is 34.0. The van der Waals surface area contributed by atoms with Crippen LogP contribution in [0.5, 0.6) is 28.7 Å². The second kappa shape index (κ2) is 16.5. The number of benzene rings is 4. The summed E-state index contributed by atoms with van der Waals surface area (Å²) in [6, 6.07) is 30.0. The van der Waals surface area contributed by atoms with E-state index < -0.39 is 17.5 Å². The van der Waals surface area contributed by atoms with Crippen molar-refractivity contribution in [2.45, 2.75) is 57.7 Å². The summed E-state index contributed by atoms with van der Waals surface area (Å²) in [4.78, 5) is 25.2. The molecule has 0 N–H and O–H groups in total.